The Balaban J connectivity index is 1.83. The maximum atomic E-state index is 13.4. The molecule has 0 bridgehead atoms. The van der Waals surface area contributed by atoms with Crippen molar-refractivity contribution in [2.24, 2.45) is 10.9 Å². The normalized spacial score (nSPS) is 16.0. The average molecular weight is 561 g/mol. The first-order valence-electron chi connectivity index (χ1n) is 13.5. The van der Waals surface area contributed by atoms with Gasteiger partial charge in [-0.2, -0.15) is 4.98 Å². The highest BCUT2D eigenvalue weighted by Crippen LogP contribution is 2.45. The quantitative estimate of drug-likeness (QED) is 0.270. The lowest BCUT2D eigenvalue weighted by atomic mass is 9.76. The van der Waals surface area contributed by atoms with E-state index in [2.05, 4.69) is 15.8 Å². The molecule has 0 aliphatic carbocycles. The lowest BCUT2D eigenvalue weighted by Gasteiger charge is -2.33. The zero-order valence-corrected chi connectivity index (χ0v) is 24.0. The van der Waals surface area contributed by atoms with Crippen LogP contribution in [0.3, 0.4) is 0 Å². The number of hydrogen-bond acceptors (Lipinski definition) is 9. The Hall–Kier alpha value is -4.51. The summed E-state index contributed by atoms with van der Waals surface area (Å²) in [6.45, 7) is 4.88. The van der Waals surface area contributed by atoms with Gasteiger partial charge in [-0.1, -0.05) is 30.3 Å². The third-order valence-electron chi connectivity index (χ3n) is 6.90. The number of anilines is 1. The van der Waals surface area contributed by atoms with E-state index in [1.165, 1.54) is 4.57 Å². The van der Waals surface area contributed by atoms with E-state index in [9.17, 15) is 14.4 Å². The fraction of sp³-hybridized carbons (Fsp3) is 0.367. The third-order valence-corrected chi connectivity index (χ3v) is 6.90. The van der Waals surface area contributed by atoms with Gasteiger partial charge in [0.25, 0.3) is 5.91 Å². The largest absolute Gasteiger partial charge is 0.497 e. The van der Waals surface area contributed by atoms with Gasteiger partial charge >= 0.3 is 11.7 Å². The Kier molecular flexibility index (Phi) is 9.51. The first kappa shape index (κ1) is 29.5. The zero-order valence-electron chi connectivity index (χ0n) is 24.0. The minimum Gasteiger partial charge on any atom is -0.497 e. The summed E-state index contributed by atoms with van der Waals surface area (Å²) in [7, 11) is 5.48. The van der Waals surface area contributed by atoms with Crippen LogP contribution in [0.4, 0.5) is 11.6 Å². The first-order chi connectivity index (χ1) is 19.7. The molecule has 2 N–H and O–H groups in total. The van der Waals surface area contributed by atoms with E-state index in [-0.39, 0.29) is 12.4 Å². The molecule has 2 heterocycles. The maximum Gasteiger partial charge on any atom is 0.351 e. The number of esters is 1. The van der Waals surface area contributed by atoms with Gasteiger partial charge in [-0.15, -0.1) is 0 Å². The van der Waals surface area contributed by atoms with Gasteiger partial charge in [0.2, 0.25) is 0 Å². The molecule has 0 saturated carbocycles. The van der Waals surface area contributed by atoms with Crippen molar-refractivity contribution in [3.8, 4) is 5.75 Å². The van der Waals surface area contributed by atoms with Gasteiger partial charge in [-0.05, 0) is 70.7 Å². The van der Waals surface area contributed by atoms with Crippen LogP contribution in [0.5, 0.6) is 5.75 Å². The van der Waals surface area contributed by atoms with Crippen LogP contribution >= 0.6 is 0 Å². The summed E-state index contributed by atoms with van der Waals surface area (Å²) in [5, 5.41) is 0. The molecule has 11 heteroatoms. The monoisotopic (exact) mass is 560 g/mol. The van der Waals surface area contributed by atoms with Gasteiger partial charge < -0.3 is 14.4 Å². The van der Waals surface area contributed by atoms with E-state index in [4.69, 9.17) is 14.5 Å². The van der Waals surface area contributed by atoms with Crippen molar-refractivity contribution in [1.82, 2.24) is 19.9 Å². The number of hydrazine groups is 1. The summed E-state index contributed by atoms with van der Waals surface area (Å²) in [4.78, 5) is 50.8. The van der Waals surface area contributed by atoms with Crippen molar-refractivity contribution < 1.29 is 19.1 Å². The Morgan fingerprint density at radius 2 is 1.78 bits per heavy atom. The summed E-state index contributed by atoms with van der Waals surface area (Å²) >= 11 is 0. The first-order valence-corrected chi connectivity index (χ1v) is 13.5. The third kappa shape index (κ3) is 6.63. The van der Waals surface area contributed by atoms with Crippen LogP contribution in [0, 0.1) is 5.92 Å². The molecule has 216 valence electrons. The van der Waals surface area contributed by atoms with Crippen LogP contribution in [0.2, 0.25) is 0 Å². The SMILES string of the molecule is CCOC(=O)C1C(C)=Nc2c(c(NNC(=O)c3ccc(OC)cc3)nc(=O)n2CCCN(C)C)C1c1ccccc1. The highest BCUT2D eigenvalue weighted by atomic mass is 16.5. The summed E-state index contributed by atoms with van der Waals surface area (Å²) in [5.74, 6) is -1.05. The number of fused-ring (bicyclic) bond motifs is 1. The fourth-order valence-corrected chi connectivity index (χ4v) is 4.94. The Morgan fingerprint density at radius 1 is 1.07 bits per heavy atom. The summed E-state index contributed by atoms with van der Waals surface area (Å²) in [6, 6.07) is 16.1. The Bertz CT molecular complexity index is 1470. The molecule has 2 unspecified atom stereocenters. The number of aliphatic imine (C=N–C) groups is 1. The molecule has 11 nitrogen and oxygen atoms in total. The molecule has 0 radical (unpaired) electrons. The molecule has 0 fully saturated rings. The highest BCUT2D eigenvalue weighted by Gasteiger charge is 2.42. The molecule has 2 aromatic carbocycles. The Labute approximate surface area is 239 Å². The number of ether oxygens (including phenoxy) is 2. The topological polar surface area (TPSA) is 127 Å². The fourth-order valence-electron chi connectivity index (χ4n) is 4.94. The number of nitrogens with one attached hydrogen (secondary N) is 2. The number of methoxy groups -OCH3 is 1. The molecule has 1 aromatic heterocycles. The smallest absolute Gasteiger partial charge is 0.351 e. The van der Waals surface area contributed by atoms with Crippen molar-refractivity contribution in [2.45, 2.75) is 32.7 Å². The maximum absolute atomic E-state index is 13.4. The van der Waals surface area contributed by atoms with Gasteiger partial charge in [-0.25, -0.2) is 9.79 Å². The van der Waals surface area contributed by atoms with Crippen molar-refractivity contribution in [2.75, 3.05) is 39.8 Å². The molecule has 1 aliphatic rings. The number of aromatic nitrogens is 2. The predicted molar refractivity (Wildman–Crippen MR) is 157 cm³/mol. The second-order valence-corrected chi connectivity index (χ2v) is 9.97. The van der Waals surface area contributed by atoms with Crippen LogP contribution in [0.1, 0.15) is 47.7 Å². The van der Waals surface area contributed by atoms with E-state index in [1.807, 2.05) is 49.3 Å². The zero-order chi connectivity index (χ0) is 29.5. The van der Waals surface area contributed by atoms with E-state index in [0.717, 1.165) is 12.1 Å². The molecular formula is C30H36N6O5. The number of nitrogens with zero attached hydrogens (tertiary/aromatic N) is 4. The van der Waals surface area contributed by atoms with Gasteiger partial charge in [-0.3, -0.25) is 25.0 Å². The molecule has 3 aromatic rings. The van der Waals surface area contributed by atoms with Crippen molar-refractivity contribution in [3.05, 3.63) is 81.8 Å². The van der Waals surface area contributed by atoms with E-state index in [1.54, 1.807) is 45.2 Å². The number of rotatable bonds is 11. The number of benzene rings is 2. The molecule has 0 saturated heterocycles. The summed E-state index contributed by atoms with van der Waals surface area (Å²) < 4.78 is 12.2. The molecule has 1 amide bonds. The predicted octanol–water partition coefficient (Wildman–Crippen LogP) is 3.38. The molecule has 2 atom stereocenters. The average Bonchev–Trinajstić information content (AvgIpc) is 2.96. The van der Waals surface area contributed by atoms with Gasteiger partial charge in [0.05, 0.1) is 13.7 Å². The number of carbonyl (C=O) groups excluding carboxylic acids is 2. The van der Waals surface area contributed by atoms with Crippen LogP contribution in [0.15, 0.2) is 64.4 Å². The van der Waals surface area contributed by atoms with Crippen LogP contribution < -0.4 is 21.3 Å². The number of carbonyl (C=O) groups is 2. The minimum atomic E-state index is -0.753. The van der Waals surface area contributed by atoms with Gasteiger partial charge in [0.15, 0.2) is 5.82 Å². The molecule has 1 aliphatic heterocycles. The lowest BCUT2D eigenvalue weighted by Crippen LogP contribution is -2.39. The second-order valence-electron chi connectivity index (χ2n) is 9.97. The van der Waals surface area contributed by atoms with E-state index >= 15 is 0 Å². The van der Waals surface area contributed by atoms with E-state index in [0.29, 0.717) is 41.4 Å². The van der Waals surface area contributed by atoms with Crippen LogP contribution in [-0.4, -0.2) is 66.4 Å². The highest BCUT2D eigenvalue weighted by molar-refractivity contribution is 6.05. The molecular weight excluding hydrogens is 524 g/mol. The minimum absolute atomic E-state index is 0.120. The lowest BCUT2D eigenvalue weighted by molar-refractivity contribution is -0.146. The number of hydrogen-bond donors (Lipinski definition) is 2. The Morgan fingerprint density at radius 3 is 2.41 bits per heavy atom. The van der Waals surface area contributed by atoms with Crippen LogP contribution in [0.25, 0.3) is 0 Å². The molecule has 4 rings (SSSR count). The van der Waals surface area contributed by atoms with Crippen LogP contribution in [-0.2, 0) is 16.1 Å². The number of amides is 1. The summed E-state index contributed by atoms with van der Waals surface area (Å²) in [6.07, 6.45) is 0.688. The van der Waals surface area contributed by atoms with Crippen molar-refractivity contribution >= 4 is 29.2 Å². The van der Waals surface area contributed by atoms with E-state index < -0.39 is 29.4 Å². The molecule has 41 heavy (non-hydrogen) atoms. The van der Waals surface area contributed by atoms with Crippen molar-refractivity contribution in [1.29, 1.82) is 0 Å². The second kappa shape index (κ2) is 13.2. The molecule has 0 spiro atoms. The standard InChI is InChI=1S/C30H36N6O5/c1-6-41-29(38)23-19(2)31-27-25(24(23)20-11-8-7-9-12-20)26(32-30(39)36(27)18-10-17-35(3)4)33-34-28(37)21-13-15-22(40-5)16-14-21/h7-9,11-16,23-24H,6,10,17-18H2,1-5H3,(H,34,37)(H,32,33,39). The summed E-state index contributed by atoms with van der Waals surface area (Å²) in [5.41, 5.74) is 7.26. The van der Waals surface area contributed by atoms with Gasteiger partial charge in [0, 0.05) is 29.3 Å². The van der Waals surface area contributed by atoms with Gasteiger partial charge in [0.1, 0.15) is 17.5 Å². The van der Waals surface area contributed by atoms with Crippen molar-refractivity contribution in [3.63, 3.8) is 0 Å².